The van der Waals surface area contributed by atoms with Gasteiger partial charge in [-0.25, -0.2) is 0 Å². The Morgan fingerprint density at radius 2 is 2.00 bits per heavy atom. The SMILES string of the molecule is NC(=O)C(=O)N1CCN2C(=O)c3cc(Br)ccc3NC(=O)C2C1. The quantitative estimate of drug-likeness (QED) is 0.592. The van der Waals surface area contributed by atoms with E-state index in [2.05, 4.69) is 21.2 Å². The summed E-state index contributed by atoms with van der Waals surface area (Å²) >= 11 is 3.30. The van der Waals surface area contributed by atoms with E-state index in [4.69, 9.17) is 5.73 Å². The Hall–Kier alpha value is -2.42. The lowest BCUT2D eigenvalue weighted by atomic mass is 10.1. The minimum Gasteiger partial charge on any atom is -0.361 e. The summed E-state index contributed by atoms with van der Waals surface area (Å²) in [6.07, 6.45) is 0. The molecule has 0 aromatic heterocycles. The summed E-state index contributed by atoms with van der Waals surface area (Å²) < 4.78 is 0.722. The molecule has 1 atom stereocenters. The predicted molar refractivity (Wildman–Crippen MR) is 83.4 cm³/mol. The molecule has 3 rings (SSSR count). The van der Waals surface area contributed by atoms with Crippen LogP contribution in [0.25, 0.3) is 0 Å². The molecule has 8 nitrogen and oxygen atoms in total. The van der Waals surface area contributed by atoms with Crippen LogP contribution in [0.5, 0.6) is 0 Å². The normalized spacial score (nSPS) is 20.3. The number of nitrogens with one attached hydrogen (secondary N) is 1. The van der Waals surface area contributed by atoms with Crippen molar-refractivity contribution < 1.29 is 19.2 Å². The zero-order chi connectivity index (χ0) is 16.7. The maximum absolute atomic E-state index is 12.7. The third-order valence-corrected chi connectivity index (χ3v) is 4.41. The fourth-order valence-corrected chi connectivity index (χ4v) is 3.12. The van der Waals surface area contributed by atoms with Crippen LogP contribution in [-0.4, -0.2) is 59.1 Å². The van der Waals surface area contributed by atoms with Gasteiger partial charge in [-0.3, -0.25) is 19.2 Å². The number of rotatable bonds is 0. The molecule has 120 valence electrons. The van der Waals surface area contributed by atoms with Crippen LogP contribution in [0.15, 0.2) is 22.7 Å². The van der Waals surface area contributed by atoms with Gasteiger partial charge in [0.1, 0.15) is 6.04 Å². The summed E-state index contributed by atoms with van der Waals surface area (Å²) in [5.74, 6) is -2.63. The van der Waals surface area contributed by atoms with Gasteiger partial charge in [0.15, 0.2) is 0 Å². The number of hydrogen-bond acceptors (Lipinski definition) is 4. The molecule has 1 saturated heterocycles. The molecule has 2 aliphatic heterocycles. The van der Waals surface area contributed by atoms with E-state index in [1.165, 1.54) is 9.80 Å². The molecule has 2 heterocycles. The van der Waals surface area contributed by atoms with Crippen LogP contribution in [0, 0.1) is 0 Å². The van der Waals surface area contributed by atoms with E-state index in [0.717, 1.165) is 4.47 Å². The van der Waals surface area contributed by atoms with Gasteiger partial charge in [-0.05, 0) is 18.2 Å². The summed E-state index contributed by atoms with van der Waals surface area (Å²) in [5.41, 5.74) is 5.80. The molecule has 0 bridgehead atoms. The number of piperazine rings is 1. The molecule has 1 aromatic rings. The number of carbonyl (C=O) groups excluding carboxylic acids is 4. The second kappa shape index (κ2) is 5.65. The van der Waals surface area contributed by atoms with E-state index < -0.39 is 23.8 Å². The Labute approximate surface area is 139 Å². The summed E-state index contributed by atoms with van der Waals surface area (Å²) in [6.45, 7) is 0.247. The van der Waals surface area contributed by atoms with Gasteiger partial charge in [-0.15, -0.1) is 0 Å². The lowest BCUT2D eigenvalue weighted by Crippen LogP contribution is -2.60. The van der Waals surface area contributed by atoms with E-state index >= 15 is 0 Å². The van der Waals surface area contributed by atoms with Crippen molar-refractivity contribution in [1.29, 1.82) is 0 Å². The number of carbonyl (C=O) groups is 4. The van der Waals surface area contributed by atoms with Crippen LogP contribution in [-0.2, 0) is 14.4 Å². The monoisotopic (exact) mass is 380 g/mol. The molecule has 3 N–H and O–H groups in total. The number of nitrogens with zero attached hydrogens (tertiary/aromatic N) is 2. The largest absolute Gasteiger partial charge is 0.361 e. The third kappa shape index (κ3) is 2.67. The summed E-state index contributed by atoms with van der Waals surface area (Å²) in [7, 11) is 0. The van der Waals surface area contributed by atoms with Crippen molar-refractivity contribution in [3.63, 3.8) is 0 Å². The van der Waals surface area contributed by atoms with E-state index in [1.54, 1.807) is 18.2 Å². The van der Waals surface area contributed by atoms with Crippen LogP contribution in [0.4, 0.5) is 5.69 Å². The van der Waals surface area contributed by atoms with Crippen LogP contribution in [0.3, 0.4) is 0 Å². The summed E-state index contributed by atoms with van der Waals surface area (Å²) in [4.78, 5) is 50.5. The Morgan fingerprint density at radius 1 is 1.26 bits per heavy atom. The molecule has 1 aromatic carbocycles. The molecule has 2 aliphatic rings. The van der Waals surface area contributed by atoms with Gasteiger partial charge in [0.05, 0.1) is 17.8 Å². The number of halogens is 1. The smallest absolute Gasteiger partial charge is 0.311 e. The number of amides is 4. The number of anilines is 1. The van der Waals surface area contributed by atoms with Crippen LogP contribution in [0.1, 0.15) is 10.4 Å². The van der Waals surface area contributed by atoms with Crippen molar-refractivity contribution in [3.8, 4) is 0 Å². The second-order valence-corrected chi connectivity index (χ2v) is 6.22. The van der Waals surface area contributed by atoms with Gasteiger partial charge in [0.2, 0.25) is 5.91 Å². The fourth-order valence-electron chi connectivity index (χ4n) is 2.76. The zero-order valence-electron chi connectivity index (χ0n) is 11.9. The van der Waals surface area contributed by atoms with E-state index in [1.807, 2.05) is 0 Å². The average Bonchev–Trinajstić information content (AvgIpc) is 2.63. The Kier molecular flexibility index (Phi) is 3.80. The van der Waals surface area contributed by atoms with Crippen molar-refractivity contribution in [2.45, 2.75) is 6.04 Å². The molecule has 23 heavy (non-hydrogen) atoms. The highest BCUT2D eigenvalue weighted by molar-refractivity contribution is 9.10. The van der Waals surface area contributed by atoms with Crippen LogP contribution < -0.4 is 11.1 Å². The lowest BCUT2D eigenvalue weighted by Gasteiger charge is -2.38. The standard InChI is InChI=1S/C14H13BrN4O4/c15-7-1-2-9-8(5-7)13(22)19-4-3-18(14(23)11(16)20)6-10(19)12(21)17-9/h1-2,5,10H,3-4,6H2,(H2,16,20)(H,17,21). The van der Waals surface area contributed by atoms with Gasteiger partial charge in [0, 0.05) is 17.6 Å². The fraction of sp³-hybridized carbons (Fsp3) is 0.286. The first kappa shape index (κ1) is 15.5. The van der Waals surface area contributed by atoms with Crippen LogP contribution in [0.2, 0.25) is 0 Å². The number of primary amides is 1. The highest BCUT2D eigenvalue weighted by atomic mass is 79.9. The van der Waals surface area contributed by atoms with Gasteiger partial charge >= 0.3 is 11.8 Å². The Balaban J connectivity index is 1.93. The molecule has 4 amide bonds. The van der Waals surface area contributed by atoms with Crippen LogP contribution >= 0.6 is 15.9 Å². The molecule has 1 fully saturated rings. The second-order valence-electron chi connectivity index (χ2n) is 5.31. The van der Waals surface area contributed by atoms with Gasteiger partial charge in [0.25, 0.3) is 5.91 Å². The van der Waals surface area contributed by atoms with Gasteiger partial charge < -0.3 is 20.9 Å². The van der Waals surface area contributed by atoms with Crippen molar-refractivity contribution in [2.75, 3.05) is 25.0 Å². The topological polar surface area (TPSA) is 113 Å². The van der Waals surface area contributed by atoms with Gasteiger partial charge in [-0.2, -0.15) is 0 Å². The Bertz CT molecular complexity index is 735. The first-order valence-electron chi connectivity index (χ1n) is 6.88. The van der Waals surface area contributed by atoms with Gasteiger partial charge in [-0.1, -0.05) is 15.9 Å². The number of hydrogen-bond donors (Lipinski definition) is 2. The van der Waals surface area contributed by atoms with Crippen molar-refractivity contribution >= 4 is 45.2 Å². The summed E-state index contributed by atoms with van der Waals surface area (Å²) in [5, 5.41) is 2.69. The van der Waals surface area contributed by atoms with E-state index in [-0.39, 0.29) is 25.5 Å². The highest BCUT2D eigenvalue weighted by Crippen LogP contribution is 2.28. The molecule has 1 unspecified atom stereocenters. The molecule has 0 saturated carbocycles. The number of nitrogens with two attached hydrogens (primary N) is 1. The minimum absolute atomic E-state index is 0.0610. The van der Waals surface area contributed by atoms with Crippen molar-refractivity contribution in [1.82, 2.24) is 9.80 Å². The van der Waals surface area contributed by atoms with Crippen molar-refractivity contribution in [3.05, 3.63) is 28.2 Å². The average molecular weight is 381 g/mol. The third-order valence-electron chi connectivity index (χ3n) is 3.91. The minimum atomic E-state index is -1.08. The highest BCUT2D eigenvalue weighted by Gasteiger charge is 2.41. The van der Waals surface area contributed by atoms with E-state index in [0.29, 0.717) is 11.3 Å². The zero-order valence-corrected chi connectivity index (χ0v) is 13.5. The molecule has 0 radical (unpaired) electrons. The predicted octanol–water partition coefficient (Wildman–Crippen LogP) is -0.461. The Morgan fingerprint density at radius 3 is 2.70 bits per heavy atom. The maximum Gasteiger partial charge on any atom is 0.311 e. The maximum atomic E-state index is 12.7. The molecular formula is C14H13BrN4O4. The molecule has 0 aliphatic carbocycles. The summed E-state index contributed by atoms with van der Waals surface area (Å²) in [6, 6.07) is 4.15. The number of benzene rings is 1. The first-order chi connectivity index (χ1) is 10.9. The first-order valence-corrected chi connectivity index (χ1v) is 7.68. The molecule has 9 heteroatoms. The van der Waals surface area contributed by atoms with Crippen molar-refractivity contribution in [2.24, 2.45) is 5.73 Å². The molecule has 0 spiro atoms. The molecular weight excluding hydrogens is 368 g/mol. The van der Waals surface area contributed by atoms with E-state index in [9.17, 15) is 19.2 Å². The number of fused-ring (bicyclic) bond motifs is 2. The lowest BCUT2D eigenvalue weighted by molar-refractivity contribution is -0.146.